The molecule has 3 rings (SSSR count). The summed E-state index contributed by atoms with van der Waals surface area (Å²) in [7, 11) is 0. The van der Waals surface area contributed by atoms with Gasteiger partial charge in [-0.3, -0.25) is 0 Å². The van der Waals surface area contributed by atoms with Crippen LogP contribution in [0.25, 0.3) is 5.65 Å². The molecule has 21 heavy (non-hydrogen) atoms. The molecule has 0 aliphatic rings. The molecule has 0 saturated carbocycles. The minimum atomic E-state index is 0.638. The first kappa shape index (κ1) is 14.2. The van der Waals surface area contributed by atoms with Crippen LogP contribution in [0.5, 0.6) is 11.6 Å². The average molecular weight is 320 g/mol. The Labute approximate surface area is 132 Å². The summed E-state index contributed by atoms with van der Waals surface area (Å²) in [5.41, 5.74) is 1.76. The number of aromatic nitrogens is 3. The lowest BCUT2D eigenvalue weighted by Crippen LogP contribution is -2.00. The predicted octanol–water partition coefficient (Wildman–Crippen LogP) is 4.43. The van der Waals surface area contributed by atoms with Gasteiger partial charge in [0, 0.05) is 22.9 Å². The van der Waals surface area contributed by atoms with Gasteiger partial charge in [-0.1, -0.05) is 24.6 Å². The molecule has 2 aromatic heterocycles. The van der Waals surface area contributed by atoms with E-state index in [4.69, 9.17) is 16.3 Å². The standard InChI is InChI=1S/C15H14ClN3OS/c1-2-21-10-12-9-15(19-14(18-12)6-7-17-19)20-13-5-3-4-11(16)8-13/h3-9H,2,10H2,1H3. The Hall–Kier alpha value is -1.72. The molecule has 0 fully saturated rings. The van der Waals surface area contributed by atoms with E-state index in [2.05, 4.69) is 17.0 Å². The van der Waals surface area contributed by atoms with Gasteiger partial charge in [0.2, 0.25) is 5.88 Å². The van der Waals surface area contributed by atoms with Gasteiger partial charge in [0.15, 0.2) is 5.65 Å². The van der Waals surface area contributed by atoms with Crippen LogP contribution in [0.15, 0.2) is 42.6 Å². The van der Waals surface area contributed by atoms with Gasteiger partial charge in [0.25, 0.3) is 0 Å². The minimum Gasteiger partial charge on any atom is -0.439 e. The van der Waals surface area contributed by atoms with Crippen molar-refractivity contribution in [3.63, 3.8) is 0 Å². The number of fused-ring (bicyclic) bond motifs is 1. The second-order valence-electron chi connectivity index (χ2n) is 4.38. The Morgan fingerprint density at radius 1 is 1.29 bits per heavy atom. The molecule has 108 valence electrons. The second-order valence-corrected chi connectivity index (χ2v) is 6.09. The number of halogens is 1. The van der Waals surface area contributed by atoms with Crippen LogP contribution in [-0.4, -0.2) is 20.4 Å². The summed E-state index contributed by atoms with van der Waals surface area (Å²) in [4.78, 5) is 4.57. The Balaban J connectivity index is 1.97. The predicted molar refractivity (Wildman–Crippen MR) is 86.3 cm³/mol. The quantitative estimate of drug-likeness (QED) is 0.697. The van der Waals surface area contributed by atoms with E-state index in [1.165, 1.54) is 0 Å². The average Bonchev–Trinajstić information content (AvgIpc) is 2.94. The summed E-state index contributed by atoms with van der Waals surface area (Å²) < 4.78 is 7.60. The largest absolute Gasteiger partial charge is 0.439 e. The van der Waals surface area contributed by atoms with E-state index in [9.17, 15) is 0 Å². The van der Waals surface area contributed by atoms with E-state index in [-0.39, 0.29) is 0 Å². The first-order valence-corrected chi connectivity index (χ1v) is 8.14. The Morgan fingerprint density at radius 3 is 3.00 bits per heavy atom. The maximum Gasteiger partial charge on any atom is 0.224 e. The molecule has 3 aromatic rings. The van der Waals surface area contributed by atoms with Crippen LogP contribution in [0.4, 0.5) is 0 Å². The van der Waals surface area contributed by atoms with Crippen LogP contribution in [0.3, 0.4) is 0 Å². The van der Waals surface area contributed by atoms with Crippen LogP contribution >= 0.6 is 23.4 Å². The summed E-state index contributed by atoms with van der Waals surface area (Å²) in [5, 5.41) is 4.89. The van der Waals surface area contributed by atoms with Gasteiger partial charge in [-0.25, -0.2) is 4.98 Å². The number of benzene rings is 1. The molecule has 0 amide bonds. The van der Waals surface area contributed by atoms with E-state index in [0.29, 0.717) is 16.7 Å². The zero-order valence-electron chi connectivity index (χ0n) is 11.5. The van der Waals surface area contributed by atoms with Crippen molar-refractivity contribution in [3.05, 3.63) is 53.3 Å². The maximum absolute atomic E-state index is 5.99. The highest BCUT2D eigenvalue weighted by Crippen LogP contribution is 2.26. The first-order chi connectivity index (χ1) is 10.3. The third kappa shape index (κ3) is 3.31. The molecule has 6 heteroatoms. The van der Waals surface area contributed by atoms with Gasteiger partial charge >= 0.3 is 0 Å². The molecule has 2 heterocycles. The number of hydrogen-bond acceptors (Lipinski definition) is 4. The first-order valence-electron chi connectivity index (χ1n) is 6.61. The van der Waals surface area contributed by atoms with Crippen molar-refractivity contribution in [2.75, 3.05) is 5.75 Å². The van der Waals surface area contributed by atoms with Crippen LogP contribution in [0.2, 0.25) is 5.02 Å². The Morgan fingerprint density at radius 2 is 2.19 bits per heavy atom. The lowest BCUT2D eigenvalue weighted by atomic mass is 10.3. The number of hydrogen-bond donors (Lipinski definition) is 0. The van der Waals surface area contributed by atoms with Gasteiger partial charge in [0.1, 0.15) is 5.75 Å². The highest BCUT2D eigenvalue weighted by Gasteiger charge is 2.09. The molecular weight excluding hydrogens is 306 g/mol. The van der Waals surface area contributed by atoms with E-state index >= 15 is 0 Å². The normalized spacial score (nSPS) is 11.0. The lowest BCUT2D eigenvalue weighted by Gasteiger charge is -2.09. The minimum absolute atomic E-state index is 0.638. The Bertz CT molecular complexity index is 760. The van der Waals surface area contributed by atoms with Crippen molar-refractivity contribution in [1.29, 1.82) is 0 Å². The molecule has 4 nitrogen and oxygen atoms in total. The zero-order valence-corrected chi connectivity index (χ0v) is 13.1. The molecular formula is C15H14ClN3OS. The summed E-state index contributed by atoms with van der Waals surface area (Å²) >= 11 is 7.81. The molecule has 0 N–H and O–H groups in total. The number of rotatable bonds is 5. The highest BCUT2D eigenvalue weighted by molar-refractivity contribution is 7.98. The van der Waals surface area contributed by atoms with E-state index < -0.39 is 0 Å². The number of nitrogens with zero attached hydrogens (tertiary/aromatic N) is 3. The van der Waals surface area contributed by atoms with Crippen LogP contribution in [0.1, 0.15) is 12.6 Å². The van der Waals surface area contributed by atoms with Crippen LogP contribution in [0, 0.1) is 0 Å². The fourth-order valence-electron chi connectivity index (χ4n) is 1.94. The van der Waals surface area contributed by atoms with Crippen molar-refractivity contribution >= 4 is 29.0 Å². The van der Waals surface area contributed by atoms with Crippen molar-refractivity contribution < 1.29 is 4.74 Å². The lowest BCUT2D eigenvalue weighted by molar-refractivity contribution is 0.445. The molecule has 0 spiro atoms. The SMILES string of the molecule is CCSCc1cc(Oc2cccc(Cl)c2)n2nccc2n1. The van der Waals surface area contributed by atoms with Crippen LogP contribution < -0.4 is 4.74 Å². The number of thioether (sulfide) groups is 1. The maximum atomic E-state index is 5.99. The topological polar surface area (TPSA) is 39.4 Å². The smallest absolute Gasteiger partial charge is 0.224 e. The molecule has 1 aromatic carbocycles. The molecule has 0 aliphatic carbocycles. The van der Waals surface area contributed by atoms with Gasteiger partial charge in [0.05, 0.1) is 11.9 Å². The third-order valence-electron chi connectivity index (χ3n) is 2.85. The summed E-state index contributed by atoms with van der Waals surface area (Å²) in [5.74, 6) is 3.22. The van der Waals surface area contributed by atoms with Crippen molar-refractivity contribution in [2.45, 2.75) is 12.7 Å². The zero-order chi connectivity index (χ0) is 14.7. The number of ether oxygens (including phenoxy) is 1. The van der Waals surface area contributed by atoms with Gasteiger partial charge in [-0.15, -0.1) is 0 Å². The van der Waals surface area contributed by atoms with E-state index in [0.717, 1.165) is 22.8 Å². The summed E-state index contributed by atoms with van der Waals surface area (Å²) in [6.07, 6.45) is 1.71. The van der Waals surface area contributed by atoms with E-state index in [1.54, 1.807) is 16.8 Å². The van der Waals surface area contributed by atoms with E-state index in [1.807, 2.05) is 42.1 Å². The summed E-state index contributed by atoms with van der Waals surface area (Å²) in [6.45, 7) is 2.13. The van der Waals surface area contributed by atoms with Crippen molar-refractivity contribution in [1.82, 2.24) is 14.6 Å². The van der Waals surface area contributed by atoms with Gasteiger partial charge in [-0.05, 0) is 24.0 Å². The highest BCUT2D eigenvalue weighted by atomic mass is 35.5. The molecule has 0 atom stereocenters. The fraction of sp³-hybridized carbons (Fsp3) is 0.200. The molecule has 0 radical (unpaired) electrons. The fourth-order valence-corrected chi connectivity index (χ4v) is 2.68. The second kappa shape index (κ2) is 6.37. The Kier molecular flexibility index (Phi) is 4.31. The molecule has 0 aliphatic heterocycles. The third-order valence-corrected chi connectivity index (χ3v) is 4.00. The summed E-state index contributed by atoms with van der Waals surface area (Å²) in [6, 6.07) is 11.1. The molecule has 0 bridgehead atoms. The van der Waals surface area contributed by atoms with Crippen molar-refractivity contribution in [3.8, 4) is 11.6 Å². The van der Waals surface area contributed by atoms with Gasteiger partial charge in [-0.2, -0.15) is 21.4 Å². The van der Waals surface area contributed by atoms with Crippen LogP contribution in [-0.2, 0) is 5.75 Å². The monoisotopic (exact) mass is 319 g/mol. The molecule has 0 unspecified atom stereocenters. The van der Waals surface area contributed by atoms with Crippen molar-refractivity contribution in [2.24, 2.45) is 0 Å². The molecule has 0 saturated heterocycles. The van der Waals surface area contributed by atoms with Gasteiger partial charge < -0.3 is 4.74 Å².